The molecule has 0 fully saturated rings. The van der Waals surface area contributed by atoms with Crippen LogP contribution in [0.5, 0.6) is 0 Å². The normalized spacial score (nSPS) is 10.4. The van der Waals surface area contributed by atoms with Gasteiger partial charge in [-0.2, -0.15) is 0 Å². The van der Waals surface area contributed by atoms with Crippen LogP contribution in [0.3, 0.4) is 0 Å². The first-order valence-electron chi connectivity index (χ1n) is 2.67. The fourth-order valence-electron chi connectivity index (χ4n) is 0.494. The molecule has 0 atom stereocenters. The van der Waals surface area contributed by atoms with Gasteiger partial charge in [0.05, 0.1) is 0 Å². The Hall–Kier alpha value is -1.58. The monoisotopic (exact) mass is 138 g/mol. The zero-order valence-corrected chi connectivity index (χ0v) is 5.15. The van der Waals surface area contributed by atoms with Gasteiger partial charge in [0, 0.05) is 18.3 Å². The lowest BCUT2D eigenvalue weighted by atomic mass is 10.6. The lowest BCUT2D eigenvalue weighted by molar-refractivity contribution is 0.479. The van der Waals surface area contributed by atoms with E-state index in [2.05, 4.69) is 9.40 Å². The number of nitrogens with zero attached hydrogens (tertiary/aromatic N) is 1. The summed E-state index contributed by atoms with van der Waals surface area (Å²) < 4.78 is 4.58. The van der Waals surface area contributed by atoms with Gasteiger partial charge in [0.2, 0.25) is 5.89 Å². The first-order valence-corrected chi connectivity index (χ1v) is 2.67. The molecule has 0 aliphatic carbocycles. The van der Waals surface area contributed by atoms with E-state index in [0.29, 0.717) is 0 Å². The standard InChI is InChI=1S/C6H6N2O2/c7-3-1-5-8-4-2-6(9)10-5/h1-4H,7H2/b3-1-. The molecule has 0 aliphatic rings. The highest BCUT2D eigenvalue weighted by atomic mass is 16.4. The molecule has 0 spiro atoms. The lowest BCUT2D eigenvalue weighted by Crippen LogP contribution is -1.97. The second-order valence-corrected chi connectivity index (χ2v) is 1.56. The topological polar surface area (TPSA) is 69.1 Å². The Labute approximate surface area is 57.0 Å². The van der Waals surface area contributed by atoms with Crippen molar-refractivity contribution in [2.24, 2.45) is 5.73 Å². The van der Waals surface area contributed by atoms with E-state index in [9.17, 15) is 4.79 Å². The van der Waals surface area contributed by atoms with Crippen molar-refractivity contribution in [1.82, 2.24) is 4.98 Å². The predicted octanol–water partition coefficient (Wildman–Crippen LogP) is -0.0358. The van der Waals surface area contributed by atoms with Gasteiger partial charge in [-0.25, -0.2) is 9.78 Å². The number of rotatable bonds is 1. The smallest absolute Gasteiger partial charge is 0.339 e. The molecular weight excluding hydrogens is 132 g/mol. The Kier molecular flexibility index (Phi) is 1.84. The summed E-state index contributed by atoms with van der Waals surface area (Å²) in [4.78, 5) is 14.2. The van der Waals surface area contributed by atoms with Gasteiger partial charge < -0.3 is 10.2 Å². The highest BCUT2D eigenvalue weighted by molar-refractivity contribution is 5.35. The van der Waals surface area contributed by atoms with E-state index in [1.807, 2.05) is 0 Å². The van der Waals surface area contributed by atoms with Crippen LogP contribution in [-0.4, -0.2) is 4.98 Å². The number of aromatic nitrogens is 1. The zero-order valence-electron chi connectivity index (χ0n) is 5.15. The molecule has 1 aromatic rings. The molecule has 0 saturated carbocycles. The van der Waals surface area contributed by atoms with Crippen molar-refractivity contribution in [3.05, 3.63) is 34.8 Å². The van der Waals surface area contributed by atoms with Crippen molar-refractivity contribution < 1.29 is 4.42 Å². The van der Waals surface area contributed by atoms with Crippen molar-refractivity contribution >= 4 is 6.08 Å². The van der Waals surface area contributed by atoms with E-state index < -0.39 is 5.63 Å². The van der Waals surface area contributed by atoms with Gasteiger partial charge >= 0.3 is 5.63 Å². The fraction of sp³-hybridized carbons (Fsp3) is 0. The van der Waals surface area contributed by atoms with Gasteiger partial charge in [-0.15, -0.1) is 0 Å². The first-order chi connectivity index (χ1) is 4.83. The van der Waals surface area contributed by atoms with Crippen molar-refractivity contribution in [3.63, 3.8) is 0 Å². The molecule has 2 N–H and O–H groups in total. The van der Waals surface area contributed by atoms with Gasteiger partial charge in [-0.3, -0.25) is 0 Å². The minimum Gasteiger partial charge on any atom is -0.404 e. The van der Waals surface area contributed by atoms with Crippen LogP contribution in [0.4, 0.5) is 0 Å². The number of hydrogen-bond acceptors (Lipinski definition) is 4. The quantitative estimate of drug-likeness (QED) is 0.591. The van der Waals surface area contributed by atoms with Crippen LogP contribution in [-0.2, 0) is 0 Å². The minimum atomic E-state index is -0.428. The molecule has 0 saturated heterocycles. The predicted molar refractivity (Wildman–Crippen MR) is 36.0 cm³/mol. The molecule has 52 valence electrons. The molecule has 0 aromatic carbocycles. The highest BCUT2D eigenvalue weighted by Gasteiger charge is 1.88. The van der Waals surface area contributed by atoms with Crippen LogP contribution in [0.2, 0.25) is 0 Å². The largest absolute Gasteiger partial charge is 0.404 e. The maximum Gasteiger partial charge on any atom is 0.339 e. The van der Waals surface area contributed by atoms with Crippen LogP contribution < -0.4 is 11.4 Å². The number of hydrogen-bond donors (Lipinski definition) is 1. The van der Waals surface area contributed by atoms with Crippen LogP contribution in [0.1, 0.15) is 5.89 Å². The molecule has 0 radical (unpaired) electrons. The van der Waals surface area contributed by atoms with E-state index in [4.69, 9.17) is 5.73 Å². The van der Waals surface area contributed by atoms with Crippen LogP contribution in [0.25, 0.3) is 6.08 Å². The van der Waals surface area contributed by atoms with Gasteiger partial charge in [-0.05, 0) is 6.20 Å². The summed E-state index contributed by atoms with van der Waals surface area (Å²) in [7, 11) is 0. The summed E-state index contributed by atoms with van der Waals surface area (Å²) in [6.45, 7) is 0. The van der Waals surface area contributed by atoms with Gasteiger partial charge in [-0.1, -0.05) is 0 Å². The summed E-state index contributed by atoms with van der Waals surface area (Å²) in [5.74, 6) is 0.218. The molecule has 1 rings (SSSR count). The zero-order chi connectivity index (χ0) is 7.40. The Morgan fingerprint density at radius 2 is 2.50 bits per heavy atom. The third-order valence-electron chi connectivity index (χ3n) is 0.856. The van der Waals surface area contributed by atoms with E-state index >= 15 is 0 Å². The summed E-state index contributed by atoms with van der Waals surface area (Å²) in [6.07, 6.45) is 4.02. The third-order valence-corrected chi connectivity index (χ3v) is 0.856. The Morgan fingerprint density at radius 3 is 3.10 bits per heavy atom. The third kappa shape index (κ3) is 1.45. The van der Waals surface area contributed by atoms with Crippen LogP contribution in [0, 0.1) is 0 Å². The van der Waals surface area contributed by atoms with Gasteiger partial charge in [0.1, 0.15) is 0 Å². The van der Waals surface area contributed by atoms with Crippen molar-refractivity contribution in [3.8, 4) is 0 Å². The molecule has 1 aromatic heterocycles. The summed E-state index contributed by atoms with van der Waals surface area (Å²) >= 11 is 0. The highest BCUT2D eigenvalue weighted by Crippen LogP contribution is 1.88. The van der Waals surface area contributed by atoms with Crippen molar-refractivity contribution in [2.45, 2.75) is 0 Å². The average molecular weight is 138 g/mol. The Balaban J connectivity index is 3.07. The summed E-state index contributed by atoms with van der Waals surface area (Å²) in [6, 6.07) is 1.23. The second kappa shape index (κ2) is 2.82. The number of nitrogens with two attached hydrogens (primary N) is 1. The molecular formula is C6H6N2O2. The Morgan fingerprint density at radius 1 is 1.70 bits per heavy atom. The Bertz CT molecular complexity index is 290. The first kappa shape index (κ1) is 6.54. The second-order valence-electron chi connectivity index (χ2n) is 1.56. The fourth-order valence-corrected chi connectivity index (χ4v) is 0.494. The van der Waals surface area contributed by atoms with Gasteiger partial charge in [0.15, 0.2) is 0 Å². The lowest BCUT2D eigenvalue weighted by Gasteiger charge is -1.85. The van der Waals surface area contributed by atoms with Gasteiger partial charge in [0.25, 0.3) is 0 Å². The minimum absolute atomic E-state index is 0.218. The van der Waals surface area contributed by atoms with Crippen LogP contribution in [0.15, 0.2) is 27.7 Å². The van der Waals surface area contributed by atoms with Crippen molar-refractivity contribution in [1.29, 1.82) is 0 Å². The molecule has 0 aliphatic heterocycles. The maximum atomic E-state index is 10.5. The summed E-state index contributed by atoms with van der Waals surface area (Å²) in [5.41, 5.74) is 4.60. The molecule has 0 unspecified atom stereocenters. The molecule has 0 amide bonds. The molecule has 0 bridgehead atoms. The summed E-state index contributed by atoms with van der Waals surface area (Å²) in [5, 5.41) is 0. The average Bonchev–Trinajstić information content (AvgIpc) is 1.88. The SMILES string of the molecule is N/C=C\c1nccc(=O)o1. The molecule has 4 nitrogen and oxygen atoms in total. The van der Waals surface area contributed by atoms with Crippen LogP contribution >= 0.6 is 0 Å². The van der Waals surface area contributed by atoms with E-state index in [0.717, 1.165) is 0 Å². The van der Waals surface area contributed by atoms with Crippen molar-refractivity contribution in [2.75, 3.05) is 0 Å². The van der Waals surface area contributed by atoms with E-state index in [1.54, 1.807) is 0 Å². The van der Waals surface area contributed by atoms with E-state index in [-0.39, 0.29) is 5.89 Å². The maximum absolute atomic E-state index is 10.5. The van der Waals surface area contributed by atoms with E-state index in [1.165, 1.54) is 24.5 Å². The molecule has 1 heterocycles. The molecule has 10 heavy (non-hydrogen) atoms. The molecule has 4 heteroatoms.